The molecule has 3 aromatic rings. The van der Waals surface area contributed by atoms with Gasteiger partial charge in [-0.2, -0.15) is 0 Å². The number of benzene rings is 1. The first-order valence-corrected chi connectivity index (χ1v) is 6.43. The van der Waals surface area contributed by atoms with Crippen LogP contribution >= 0.6 is 0 Å². The Kier molecular flexibility index (Phi) is 3.31. The molecule has 0 saturated carbocycles. The van der Waals surface area contributed by atoms with Crippen LogP contribution in [0.4, 0.5) is 0 Å². The zero-order chi connectivity index (χ0) is 14.8. The summed E-state index contributed by atoms with van der Waals surface area (Å²) in [7, 11) is 0. The van der Waals surface area contributed by atoms with Crippen LogP contribution in [0.2, 0.25) is 0 Å². The standard InChI is InChI=1S/C16H13NO4/c1-10-13(3-2-6-17-10)20-9-11-4-5-14-12(7-11)8-15(21-14)16(18)19/h2-8H,9H2,1H3,(H,18,19). The maximum atomic E-state index is 10.9. The molecular weight excluding hydrogens is 270 g/mol. The highest BCUT2D eigenvalue weighted by atomic mass is 16.5. The zero-order valence-corrected chi connectivity index (χ0v) is 11.4. The van der Waals surface area contributed by atoms with Crippen LogP contribution in [0.5, 0.6) is 5.75 Å². The lowest BCUT2D eigenvalue weighted by Crippen LogP contribution is -1.97. The van der Waals surface area contributed by atoms with Crippen molar-refractivity contribution in [1.29, 1.82) is 0 Å². The molecule has 0 radical (unpaired) electrons. The summed E-state index contributed by atoms with van der Waals surface area (Å²) in [6.07, 6.45) is 1.72. The second kappa shape index (κ2) is 5.28. The molecule has 5 heteroatoms. The fourth-order valence-corrected chi connectivity index (χ4v) is 2.07. The molecule has 106 valence electrons. The van der Waals surface area contributed by atoms with E-state index in [1.807, 2.05) is 31.2 Å². The third kappa shape index (κ3) is 2.72. The maximum absolute atomic E-state index is 10.9. The van der Waals surface area contributed by atoms with Crippen molar-refractivity contribution in [3.8, 4) is 5.75 Å². The van der Waals surface area contributed by atoms with Crippen molar-refractivity contribution < 1.29 is 19.1 Å². The number of nitrogens with zero attached hydrogens (tertiary/aromatic N) is 1. The SMILES string of the molecule is Cc1ncccc1OCc1ccc2oc(C(=O)O)cc2c1. The van der Waals surface area contributed by atoms with Gasteiger partial charge in [-0.1, -0.05) is 6.07 Å². The molecule has 21 heavy (non-hydrogen) atoms. The number of aromatic carboxylic acids is 1. The topological polar surface area (TPSA) is 72.6 Å². The first-order chi connectivity index (χ1) is 10.1. The average Bonchev–Trinajstić information content (AvgIpc) is 2.90. The second-order valence-corrected chi connectivity index (χ2v) is 4.66. The van der Waals surface area contributed by atoms with Gasteiger partial charge in [0.25, 0.3) is 0 Å². The summed E-state index contributed by atoms with van der Waals surface area (Å²) in [6.45, 7) is 2.27. The molecular formula is C16H13NO4. The summed E-state index contributed by atoms with van der Waals surface area (Å²) in [5.74, 6) is -0.405. The van der Waals surface area contributed by atoms with Crippen LogP contribution in [0, 0.1) is 6.92 Å². The highest BCUT2D eigenvalue weighted by molar-refractivity contribution is 5.91. The van der Waals surface area contributed by atoms with Gasteiger partial charge in [-0.3, -0.25) is 4.98 Å². The van der Waals surface area contributed by atoms with Gasteiger partial charge in [-0.05, 0) is 42.8 Å². The van der Waals surface area contributed by atoms with Crippen LogP contribution in [0.25, 0.3) is 11.0 Å². The molecule has 0 aliphatic rings. The highest BCUT2D eigenvalue weighted by Gasteiger charge is 2.10. The number of carboxylic acids is 1. The van der Waals surface area contributed by atoms with E-state index >= 15 is 0 Å². The van der Waals surface area contributed by atoms with Gasteiger partial charge in [0.15, 0.2) is 0 Å². The number of aromatic nitrogens is 1. The Morgan fingerprint density at radius 2 is 2.19 bits per heavy atom. The van der Waals surface area contributed by atoms with Crippen LogP contribution in [-0.2, 0) is 6.61 Å². The number of pyridine rings is 1. The monoisotopic (exact) mass is 283 g/mol. The lowest BCUT2D eigenvalue weighted by Gasteiger charge is -2.08. The van der Waals surface area contributed by atoms with Gasteiger partial charge < -0.3 is 14.3 Å². The number of hydrogen-bond donors (Lipinski definition) is 1. The van der Waals surface area contributed by atoms with Crippen molar-refractivity contribution in [2.75, 3.05) is 0 Å². The summed E-state index contributed by atoms with van der Waals surface area (Å²) in [5.41, 5.74) is 2.31. The largest absolute Gasteiger partial charge is 0.487 e. The van der Waals surface area contributed by atoms with Gasteiger partial charge >= 0.3 is 5.97 Å². The Balaban J connectivity index is 1.81. The minimum absolute atomic E-state index is 0.0637. The molecule has 0 aliphatic carbocycles. The Bertz CT molecular complexity index is 807. The maximum Gasteiger partial charge on any atom is 0.371 e. The zero-order valence-electron chi connectivity index (χ0n) is 11.4. The fourth-order valence-electron chi connectivity index (χ4n) is 2.07. The van der Waals surface area contributed by atoms with Crippen LogP contribution in [0.1, 0.15) is 21.8 Å². The predicted molar refractivity (Wildman–Crippen MR) is 76.5 cm³/mol. The number of carboxylic acid groups (broad SMARTS) is 1. The Morgan fingerprint density at radius 3 is 2.95 bits per heavy atom. The van der Waals surface area contributed by atoms with E-state index in [9.17, 15) is 4.79 Å². The lowest BCUT2D eigenvalue weighted by molar-refractivity contribution is 0.0665. The molecule has 0 bridgehead atoms. The molecule has 0 fully saturated rings. The molecule has 0 spiro atoms. The van der Waals surface area contributed by atoms with Crippen molar-refractivity contribution in [3.05, 3.63) is 59.6 Å². The van der Waals surface area contributed by atoms with E-state index in [1.54, 1.807) is 12.3 Å². The number of ether oxygens (including phenoxy) is 1. The Labute approximate surface area is 120 Å². The van der Waals surface area contributed by atoms with Gasteiger partial charge in [0.2, 0.25) is 5.76 Å². The Morgan fingerprint density at radius 1 is 1.33 bits per heavy atom. The second-order valence-electron chi connectivity index (χ2n) is 4.66. The van der Waals surface area contributed by atoms with Crippen LogP contribution in [-0.4, -0.2) is 16.1 Å². The molecule has 2 aromatic heterocycles. The molecule has 0 aliphatic heterocycles. The molecule has 0 atom stereocenters. The third-order valence-electron chi connectivity index (χ3n) is 3.14. The molecule has 3 rings (SSSR count). The molecule has 0 saturated heterocycles. The number of rotatable bonds is 4. The molecule has 2 heterocycles. The minimum atomic E-state index is -1.07. The summed E-state index contributed by atoms with van der Waals surface area (Å²) in [6, 6.07) is 10.6. The third-order valence-corrected chi connectivity index (χ3v) is 3.14. The van der Waals surface area contributed by atoms with Crippen LogP contribution < -0.4 is 4.74 Å². The van der Waals surface area contributed by atoms with E-state index in [0.29, 0.717) is 12.2 Å². The van der Waals surface area contributed by atoms with E-state index in [0.717, 1.165) is 22.4 Å². The van der Waals surface area contributed by atoms with Gasteiger partial charge in [-0.25, -0.2) is 4.79 Å². The highest BCUT2D eigenvalue weighted by Crippen LogP contribution is 2.22. The summed E-state index contributed by atoms with van der Waals surface area (Å²) in [5, 5.41) is 9.66. The molecule has 5 nitrogen and oxygen atoms in total. The van der Waals surface area contributed by atoms with E-state index in [-0.39, 0.29) is 5.76 Å². The van der Waals surface area contributed by atoms with E-state index in [2.05, 4.69) is 4.98 Å². The fraction of sp³-hybridized carbons (Fsp3) is 0.125. The lowest BCUT2D eigenvalue weighted by atomic mass is 10.1. The molecule has 0 unspecified atom stereocenters. The normalized spacial score (nSPS) is 10.7. The molecule has 0 amide bonds. The Hall–Kier alpha value is -2.82. The summed E-state index contributed by atoms with van der Waals surface area (Å²) < 4.78 is 10.9. The van der Waals surface area contributed by atoms with E-state index < -0.39 is 5.97 Å². The first kappa shape index (κ1) is 13.2. The van der Waals surface area contributed by atoms with Gasteiger partial charge in [-0.15, -0.1) is 0 Å². The van der Waals surface area contributed by atoms with Crippen LogP contribution in [0.3, 0.4) is 0 Å². The first-order valence-electron chi connectivity index (χ1n) is 6.43. The number of furan rings is 1. The van der Waals surface area contributed by atoms with Gasteiger partial charge in [0, 0.05) is 11.6 Å². The summed E-state index contributed by atoms with van der Waals surface area (Å²) >= 11 is 0. The van der Waals surface area contributed by atoms with Crippen molar-refractivity contribution in [2.24, 2.45) is 0 Å². The smallest absolute Gasteiger partial charge is 0.371 e. The number of aryl methyl sites for hydroxylation is 1. The van der Waals surface area contributed by atoms with Crippen molar-refractivity contribution >= 4 is 16.9 Å². The predicted octanol–water partition coefficient (Wildman–Crippen LogP) is 3.41. The molecule has 1 N–H and O–H groups in total. The van der Waals surface area contributed by atoms with Gasteiger partial charge in [0.05, 0.1) is 5.69 Å². The quantitative estimate of drug-likeness (QED) is 0.794. The average molecular weight is 283 g/mol. The number of fused-ring (bicyclic) bond motifs is 1. The van der Waals surface area contributed by atoms with Crippen LogP contribution in [0.15, 0.2) is 47.0 Å². The minimum Gasteiger partial charge on any atom is -0.487 e. The van der Waals surface area contributed by atoms with E-state index in [1.165, 1.54) is 6.07 Å². The van der Waals surface area contributed by atoms with E-state index in [4.69, 9.17) is 14.3 Å². The molecule has 1 aromatic carbocycles. The number of carbonyl (C=O) groups is 1. The summed E-state index contributed by atoms with van der Waals surface area (Å²) in [4.78, 5) is 15.0. The van der Waals surface area contributed by atoms with Crippen molar-refractivity contribution in [3.63, 3.8) is 0 Å². The van der Waals surface area contributed by atoms with Crippen molar-refractivity contribution in [1.82, 2.24) is 4.98 Å². The van der Waals surface area contributed by atoms with Crippen molar-refractivity contribution in [2.45, 2.75) is 13.5 Å². The number of hydrogen-bond acceptors (Lipinski definition) is 4. The van der Waals surface area contributed by atoms with Gasteiger partial charge in [0.1, 0.15) is 17.9 Å².